The lowest BCUT2D eigenvalue weighted by molar-refractivity contribution is 0.785. The number of fused-ring (bicyclic) bond motifs is 1. The van der Waals surface area contributed by atoms with Gasteiger partial charge in [0.2, 0.25) is 0 Å². The molecule has 1 aromatic heterocycles. The monoisotopic (exact) mass is 374 g/mol. The molecule has 0 bridgehead atoms. The van der Waals surface area contributed by atoms with Crippen LogP contribution in [0.15, 0.2) is 21.4 Å². The Morgan fingerprint density at radius 3 is 2.33 bits per heavy atom. The molecule has 0 aliphatic rings. The van der Waals surface area contributed by atoms with Crippen molar-refractivity contribution in [2.45, 2.75) is 24.6 Å². The van der Waals surface area contributed by atoms with Gasteiger partial charge < -0.3 is 0 Å². The van der Waals surface area contributed by atoms with Crippen LogP contribution in [0.5, 0.6) is 0 Å². The van der Waals surface area contributed by atoms with Crippen LogP contribution in [0, 0.1) is 0 Å². The van der Waals surface area contributed by atoms with Gasteiger partial charge in [0.1, 0.15) is 0 Å². The molecule has 1 unspecified atom stereocenters. The largest absolute Gasteiger partial charge is 0.328 e. The van der Waals surface area contributed by atoms with Gasteiger partial charge in [-0.15, -0.1) is 0 Å². The van der Waals surface area contributed by atoms with Crippen LogP contribution in [0.3, 0.4) is 0 Å². The molecule has 1 aromatic carbocycles. The van der Waals surface area contributed by atoms with Crippen LogP contribution >= 0.6 is 31.9 Å². The van der Waals surface area contributed by atoms with Gasteiger partial charge in [-0.05, 0) is 24.1 Å². The number of hydrogen-bond acceptors (Lipinski definition) is 1. The molecule has 0 saturated carbocycles. The third-order valence-electron chi connectivity index (χ3n) is 3.27. The van der Waals surface area contributed by atoms with Crippen molar-refractivity contribution in [2.75, 3.05) is 0 Å². The molecule has 0 amide bonds. The van der Waals surface area contributed by atoms with E-state index in [0.29, 0.717) is 4.83 Å². The maximum atomic E-state index is 11.9. The number of aryl methyl sites for hydroxylation is 2. The smallest absolute Gasteiger partial charge is 0.295 e. The van der Waals surface area contributed by atoms with E-state index in [1.165, 1.54) is 5.56 Å². The van der Waals surface area contributed by atoms with Gasteiger partial charge in [-0.2, -0.15) is 0 Å². The van der Waals surface area contributed by atoms with E-state index in [4.69, 9.17) is 0 Å². The summed E-state index contributed by atoms with van der Waals surface area (Å²) in [6.07, 6.45) is 2.19. The van der Waals surface area contributed by atoms with Crippen LogP contribution in [0.4, 0.5) is 0 Å². The summed E-state index contributed by atoms with van der Waals surface area (Å²) in [7, 11) is 3.61. The van der Waals surface area contributed by atoms with Gasteiger partial charge in [-0.25, -0.2) is 4.79 Å². The molecule has 0 aliphatic carbocycles. The van der Waals surface area contributed by atoms with Gasteiger partial charge in [0.05, 0.1) is 11.0 Å². The molecule has 2 rings (SSSR count). The van der Waals surface area contributed by atoms with Crippen LogP contribution in [-0.4, -0.2) is 9.13 Å². The Kier molecular flexibility index (Phi) is 4.02. The second-order valence-electron chi connectivity index (χ2n) is 4.52. The number of hydrogen-bond donors (Lipinski definition) is 0. The molecule has 2 aromatic rings. The minimum absolute atomic E-state index is 0.00987. The maximum Gasteiger partial charge on any atom is 0.328 e. The Balaban J connectivity index is 2.68. The number of alkyl halides is 1. The number of rotatable bonds is 3. The Hall–Kier alpha value is -0.550. The van der Waals surface area contributed by atoms with Gasteiger partial charge in [0.15, 0.2) is 0 Å². The summed E-state index contributed by atoms with van der Waals surface area (Å²) in [5, 5.41) is 0. The summed E-state index contributed by atoms with van der Waals surface area (Å²) in [4.78, 5) is 12.2. The molecule has 1 heterocycles. The lowest BCUT2D eigenvalue weighted by Gasteiger charge is -2.12. The van der Waals surface area contributed by atoms with E-state index in [2.05, 4.69) is 44.8 Å². The van der Waals surface area contributed by atoms with Crippen molar-refractivity contribution >= 4 is 42.9 Å². The first-order valence-corrected chi connectivity index (χ1v) is 7.67. The Morgan fingerprint density at radius 1 is 1.22 bits per heavy atom. The zero-order valence-corrected chi connectivity index (χ0v) is 13.9. The molecule has 0 N–H and O–H groups in total. The Bertz CT molecular complexity index is 642. The number of nitrogens with zero attached hydrogens (tertiary/aromatic N) is 2. The first-order valence-electron chi connectivity index (χ1n) is 5.96. The fourth-order valence-electron chi connectivity index (χ4n) is 2.18. The summed E-state index contributed by atoms with van der Waals surface area (Å²) in [6, 6.07) is 4.12. The number of halogens is 2. The third kappa shape index (κ3) is 2.18. The maximum absolute atomic E-state index is 11.9. The molecule has 0 spiro atoms. The van der Waals surface area contributed by atoms with Crippen molar-refractivity contribution in [3.63, 3.8) is 0 Å². The standard InChI is InChI=1S/C13H16Br2N2O/c1-4-5-9(14)8-6-11-12(7-10(8)15)17(3)13(18)16(11)2/h6-7,9H,4-5H2,1-3H3. The highest BCUT2D eigenvalue weighted by molar-refractivity contribution is 9.11. The summed E-state index contributed by atoms with van der Waals surface area (Å²) < 4.78 is 4.41. The van der Waals surface area contributed by atoms with Gasteiger partial charge in [-0.3, -0.25) is 9.13 Å². The Morgan fingerprint density at radius 2 is 1.78 bits per heavy atom. The normalized spacial score (nSPS) is 13.2. The van der Waals surface area contributed by atoms with Crippen molar-refractivity contribution in [3.8, 4) is 0 Å². The lowest BCUT2D eigenvalue weighted by atomic mass is 10.1. The minimum atomic E-state index is 0.00987. The van der Waals surface area contributed by atoms with E-state index in [-0.39, 0.29) is 5.69 Å². The fourth-order valence-corrected chi connectivity index (χ4v) is 3.94. The van der Waals surface area contributed by atoms with Crippen molar-refractivity contribution in [1.29, 1.82) is 0 Å². The molecular formula is C13H16Br2N2O. The first kappa shape index (κ1) is 13.9. The molecule has 0 radical (unpaired) electrons. The highest BCUT2D eigenvalue weighted by Crippen LogP contribution is 2.35. The summed E-state index contributed by atoms with van der Waals surface area (Å²) in [6.45, 7) is 2.17. The first-order chi connectivity index (χ1) is 8.47. The molecule has 5 heteroatoms. The summed E-state index contributed by atoms with van der Waals surface area (Å²) in [5.41, 5.74) is 3.14. The highest BCUT2D eigenvalue weighted by Gasteiger charge is 2.15. The lowest BCUT2D eigenvalue weighted by Crippen LogP contribution is -2.19. The van der Waals surface area contributed by atoms with E-state index in [1.807, 2.05) is 13.1 Å². The minimum Gasteiger partial charge on any atom is -0.295 e. The van der Waals surface area contributed by atoms with Gasteiger partial charge in [-0.1, -0.05) is 45.2 Å². The number of aromatic nitrogens is 2. The van der Waals surface area contributed by atoms with Crippen molar-refractivity contribution in [3.05, 3.63) is 32.7 Å². The van der Waals surface area contributed by atoms with Gasteiger partial charge >= 0.3 is 5.69 Å². The average Bonchev–Trinajstić information content (AvgIpc) is 2.54. The van der Waals surface area contributed by atoms with E-state index >= 15 is 0 Å². The highest BCUT2D eigenvalue weighted by atomic mass is 79.9. The van der Waals surface area contributed by atoms with E-state index < -0.39 is 0 Å². The van der Waals surface area contributed by atoms with Crippen LogP contribution < -0.4 is 5.69 Å². The van der Waals surface area contributed by atoms with Gasteiger partial charge in [0.25, 0.3) is 0 Å². The van der Waals surface area contributed by atoms with E-state index in [0.717, 1.165) is 28.3 Å². The van der Waals surface area contributed by atoms with Crippen LogP contribution in [-0.2, 0) is 14.1 Å². The zero-order chi connectivity index (χ0) is 13.4. The van der Waals surface area contributed by atoms with Crippen molar-refractivity contribution in [2.24, 2.45) is 14.1 Å². The summed E-state index contributed by atoms with van der Waals surface area (Å²) >= 11 is 7.31. The number of imidazole rings is 1. The molecule has 3 nitrogen and oxygen atoms in total. The number of benzene rings is 1. The van der Waals surface area contributed by atoms with E-state index in [9.17, 15) is 4.79 Å². The SMILES string of the molecule is CCCC(Br)c1cc2c(cc1Br)n(C)c(=O)n2C. The molecule has 0 fully saturated rings. The third-order valence-corrected chi connectivity index (χ3v) is 4.91. The average molecular weight is 376 g/mol. The molecule has 0 saturated heterocycles. The second kappa shape index (κ2) is 5.21. The molecule has 1 atom stereocenters. The van der Waals surface area contributed by atoms with Gasteiger partial charge in [0, 0.05) is 23.4 Å². The van der Waals surface area contributed by atoms with Crippen LogP contribution in [0.2, 0.25) is 0 Å². The quantitative estimate of drug-likeness (QED) is 0.748. The second-order valence-corrected chi connectivity index (χ2v) is 6.48. The van der Waals surface area contributed by atoms with Crippen LogP contribution in [0.1, 0.15) is 30.2 Å². The van der Waals surface area contributed by atoms with E-state index in [1.54, 1.807) is 16.2 Å². The molecule has 18 heavy (non-hydrogen) atoms. The summed E-state index contributed by atoms with van der Waals surface area (Å²) in [5.74, 6) is 0. The predicted octanol–water partition coefficient (Wildman–Crippen LogP) is 3.88. The van der Waals surface area contributed by atoms with Crippen molar-refractivity contribution in [1.82, 2.24) is 9.13 Å². The van der Waals surface area contributed by atoms with Crippen molar-refractivity contribution < 1.29 is 0 Å². The predicted molar refractivity (Wildman–Crippen MR) is 82.4 cm³/mol. The zero-order valence-electron chi connectivity index (χ0n) is 10.7. The topological polar surface area (TPSA) is 26.9 Å². The molecule has 0 aliphatic heterocycles. The molecule has 98 valence electrons. The fraction of sp³-hybridized carbons (Fsp3) is 0.462. The molecular weight excluding hydrogens is 360 g/mol. The Labute approximate surface area is 123 Å². The van der Waals surface area contributed by atoms with Crippen LogP contribution in [0.25, 0.3) is 11.0 Å².